The summed E-state index contributed by atoms with van der Waals surface area (Å²) in [4.78, 5) is 14.9. The third-order valence-electron chi connectivity index (χ3n) is 4.57. The van der Waals surface area contributed by atoms with Crippen molar-refractivity contribution in [3.63, 3.8) is 0 Å². The number of fused-ring (bicyclic) bond motifs is 1. The molecule has 1 fully saturated rings. The molecule has 130 valence electrons. The number of piperidine rings is 1. The van der Waals surface area contributed by atoms with Gasteiger partial charge in [0.25, 0.3) is 5.91 Å². The van der Waals surface area contributed by atoms with Gasteiger partial charge in [0, 0.05) is 30.1 Å². The van der Waals surface area contributed by atoms with Crippen molar-refractivity contribution in [3.8, 4) is 0 Å². The minimum atomic E-state index is -0.0338. The molecule has 0 saturated carbocycles. The minimum Gasteiger partial charge on any atom is -0.451 e. The molecule has 1 aliphatic heterocycles. The van der Waals surface area contributed by atoms with Crippen LogP contribution in [0.3, 0.4) is 0 Å². The highest BCUT2D eigenvalue weighted by atomic mass is 16.5. The lowest BCUT2D eigenvalue weighted by Crippen LogP contribution is -2.47. The predicted octanol–water partition coefficient (Wildman–Crippen LogP) is 3.18. The third-order valence-corrected chi connectivity index (χ3v) is 4.57. The second-order valence-electron chi connectivity index (χ2n) is 6.64. The lowest BCUT2D eigenvalue weighted by molar-refractivity contribution is 0.0589. The SMILES string of the molecule is CNC1CCCN(C(=O)c2oc3ccccc3c2COC(C)C)C1. The Hall–Kier alpha value is -1.85. The number of amides is 1. The predicted molar refractivity (Wildman–Crippen MR) is 94.1 cm³/mol. The summed E-state index contributed by atoms with van der Waals surface area (Å²) in [6.45, 7) is 5.87. The molecule has 0 bridgehead atoms. The molecule has 3 rings (SSSR count). The van der Waals surface area contributed by atoms with E-state index in [1.54, 1.807) is 0 Å². The number of carbonyl (C=O) groups is 1. The number of hydrogen-bond acceptors (Lipinski definition) is 4. The molecule has 1 aromatic carbocycles. The van der Waals surface area contributed by atoms with E-state index in [1.807, 2.05) is 50.1 Å². The third kappa shape index (κ3) is 3.47. The Bertz CT molecular complexity index is 708. The highest BCUT2D eigenvalue weighted by molar-refractivity contribution is 5.99. The van der Waals surface area contributed by atoms with Crippen LogP contribution < -0.4 is 5.32 Å². The van der Waals surface area contributed by atoms with Crippen LogP contribution in [0.4, 0.5) is 0 Å². The van der Waals surface area contributed by atoms with Crippen LogP contribution >= 0.6 is 0 Å². The van der Waals surface area contributed by atoms with Crippen molar-refractivity contribution >= 4 is 16.9 Å². The molecule has 1 saturated heterocycles. The van der Waals surface area contributed by atoms with Crippen molar-refractivity contribution in [2.75, 3.05) is 20.1 Å². The number of nitrogens with one attached hydrogen (secondary N) is 1. The molecule has 0 spiro atoms. The van der Waals surface area contributed by atoms with Gasteiger partial charge in [-0.05, 0) is 39.8 Å². The number of hydrogen-bond donors (Lipinski definition) is 1. The van der Waals surface area contributed by atoms with Crippen LogP contribution in [-0.2, 0) is 11.3 Å². The Morgan fingerprint density at radius 3 is 2.96 bits per heavy atom. The fourth-order valence-electron chi connectivity index (χ4n) is 3.21. The number of carbonyl (C=O) groups excluding carboxylic acids is 1. The van der Waals surface area contributed by atoms with E-state index in [9.17, 15) is 4.79 Å². The van der Waals surface area contributed by atoms with Crippen molar-refractivity contribution in [1.82, 2.24) is 10.2 Å². The average Bonchev–Trinajstić information content (AvgIpc) is 2.98. The molecule has 1 aliphatic rings. The fourth-order valence-corrected chi connectivity index (χ4v) is 3.21. The maximum Gasteiger partial charge on any atom is 0.290 e. The summed E-state index contributed by atoms with van der Waals surface area (Å²) in [6.07, 6.45) is 2.21. The quantitative estimate of drug-likeness (QED) is 0.915. The topological polar surface area (TPSA) is 54.7 Å². The van der Waals surface area contributed by atoms with Gasteiger partial charge < -0.3 is 19.4 Å². The van der Waals surface area contributed by atoms with E-state index in [-0.39, 0.29) is 12.0 Å². The Kier molecular flexibility index (Phi) is 5.21. The molecule has 1 atom stereocenters. The highest BCUT2D eigenvalue weighted by Gasteiger charge is 2.29. The molecule has 1 aromatic heterocycles. The lowest BCUT2D eigenvalue weighted by atomic mass is 10.0. The maximum atomic E-state index is 13.0. The van der Waals surface area contributed by atoms with Crippen LogP contribution in [0.15, 0.2) is 28.7 Å². The number of nitrogens with zero attached hydrogens (tertiary/aromatic N) is 1. The van der Waals surface area contributed by atoms with E-state index in [0.717, 1.165) is 42.5 Å². The van der Waals surface area contributed by atoms with Crippen molar-refractivity contribution in [2.24, 2.45) is 0 Å². The summed E-state index contributed by atoms with van der Waals surface area (Å²) >= 11 is 0. The zero-order valence-electron chi connectivity index (χ0n) is 14.7. The van der Waals surface area contributed by atoms with E-state index in [1.165, 1.54) is 0 Å². The number of furan rings is 1. The summed E-state index contributed by atoms with van der Waals surface area (Å²) in [6, 6.07) is 8.12. The first-order valence-corrected chi connectivity index (χ1v) is 8.68. The van der Waals surface area contributed by atoms with E-state index in [4.69, 9.17) is 9.15 Å². The van der Waals surface area contributed by atoms with Gasteiger partial charge in [0.15, 0.2) is 5.76 Å². The first-order chi connectivity index (χ1) is 11.6. The number of ether oxygens (including phenoxy) is 1. The molecule has 0 radical (unpaired) electrons. The molecule has 24 heavy (non-hydrogen) atoms. The van der Waals surface area contributed by atoms with Gasteiger partial charge in [-0.3, -0.25) is 4.79 Å². The molecule has 1 N–H and O–H groups in total. The van der Waals surface area contributed by atoms with Crippen LogP contribution in [-0.4, -0.2) is 43.1 Å². The van der Waals surface area contributed by atoms with Crippen LogP contribution in [0.5, 0.6) is 0 Å². The Labute approximate surface area is 143 Å². The summed E-state index contributed by atoms with van der Waals surface area (Å²) in [5.41, 5.74) is 1.60. The van der Waals surface area contributed by atoms with Crippen molar-refractivity contribution in [2.45, 2.75) is 45.4 Å². The van der Waals surface area contributed by atoms with Gasteiger partial charge in [0.05, 0.1) is 12.7 Å². The average molecular weight is 330 g/mol. The highest BCUT2D eigenvalue weighted by Crippen LogP contribution is 2.28. The molecule has 0 aliphatic carbocycles. The molecular formula is C19H26N2O3. The maximum absolute atomic E-state index is 13.0. The van der Waals surface area contributed by atoms with Gasteiger partial charge in [0.2, 0.25) is 0 Å². The van der Waals surface area contributed by atoms with E-state index in [0.29, 0.717) is 18.4 Å². The molecule has 2 heterocycles. The zero-order valence-corrected chi connectivity index (χ0v) is 14.7. The van der Waals surface area contributed by atoms with E-state index in [2.05, 4.69) is 5.32 Å². The molecule has 2 aromatic rings. The van der Waals surface area contributed by atoms with Gasteiger partial charge >= 0.3 is 0 Å². The van der Waals surface area contributed by atoms with Crippen LogP contribution in [0.2, 0.25) is 0 Å². The molecule has 5 heteroatoms. The van der Waals surface area contributed by atoms with Gasteiger partial charge in [-0.15, -0.1) is 0 Å². The van der Waals surface area contributed by atoms with Crippen LogP contribution in [0.1, 0.15) is 42.8 Å². The number of benzene rings is 1. The van der Waals surface area contributed by atoms with Crippen LogP contribution in [0.25, 0.3) is 11.0 Å². The Balaban J connectivity index is 1.92. The molecule has 5 nitrogen and oxygen atoms in total. The summed E-state index contributed by atoms with van der Waals surface area (Å²) in [5, 5.41) is 4.23. The molecule has 1 amide bonds. The number of likely N-dealkylation sites (tertiary alicyclic amines) is 1. The van der Waals surface area contributed by atoms with E-state index >= 15 is 0 Å². The summed E-state index contributed by atoms with van der Waals surface area (Å²) in [7, 11) is 1.95. The second-order valence-corrected chi connectivity index (χ2v) is 6.64. The van der Waals surface area contributed by atoms with Gasteiger partial charge in [-0.2, -0.15) is 0 Å². The molecular weight excluding hydrogens is 304 g/mol. The van der Waals surface area contributed by atoms with E-state index < -0.39 is 0 Å². The Morgan fingerprint density at radius 1 is 1.42 bits per heavy atom. The first kappa shape index (κ1) is 17.0. The molecule has 1 unspecified atom stereocenters. The summed E-state index contributed by atoms with van der Waals surface area (Å²) < 4.78 is 11.7. The van der Waals surface area contributed by atoms with Crippen molar-refractivity contribution in [3.05, 3.63) is 35.6 Å². The lowest BCUT2D eigenvalue weighted by Gasteiger charge is -2.32. The number of rotatable bonds is 5. The van der Waals surface area contributed by atoms with Gasteiger partial charge in [-0.1, -0.05) is 18.2 Å². The minimum absolute atomic E-state index is 0.0338. The van der Waals surface area contributed by atoms with Gasteiger partial charge in [-0.25, -0.2) is 0 Å². The normalized spacial score (nSPS) is 18.5. The zero-order chi connectivity index (χ0) is 17.1. The second kappa shape index (κ2) is 7.36. The standard InChI is InChI=1S/C19H26N2O3/c1-13(2)23-12-16-15-8-4-5-9-17(15)24-18(16)19(22)21-10-6-7-14(11-21)20-3/h4-5,8-9,13-14,20H,6-7,10-12H2,1-3H3. The van der Waals surface area contributed by atoms with Crippen molar-refractivity contribution < 1.29 is 13.9 Å². The monoisotopic (exact) mass is 330 g/mol. The Morgan fingerprint density at radius 2 is 2.21 bits per heavy atom. The van der Waals surface area contributed by atoms with Crippen molar-refractivity contribution in [1.29, 1.82) is 0 Å². The largest absolute Gasteiger partial charge is 0.451 e. The number of likely N-dealkylation sites (N-methyl/N-ethyl adjacent to an activating group) is 1. The fraction of sp³-hybridized carbons (Fsp3) is 0.526. The first-order valence-electron chi connectivity index (χ1n) is 8.68. The smallest absolute Gasteiger partial charge is 0.290 e. The van der Waals surface area contributed by atoms with Crippen LogP contribution in [0, 0.1) is 0 Å². The van der Waals surface area contributed by atoms with Gasteiger partial charge in [0.1, 0.15) is 5.58 Å². The number of para-hydroxylation sites is 1. The summed E-state index contributed by atoms with van der Waals surface area (Å²) in [5.74, 6) is 0.391.